The van der Waals surface area contributed by atoms with E-state index in [1.54, 1.807) is 6.20 Å². The van der Waals surface area contributed by atoms with Gasteiger partial charge in [0.15, 0.2) is 0 Å². The third-order valence-corrected chi connectivity index (χ3v) is 1.71. The molecule has 1 heterocycles. The van der Waals surface area contributed by atoms with Gasteiger partial charge < -0.3 is 10.3 Å². The van der Waals surface area contributed by atoms with Gasteiger partial charge in [-0.05, 0) is 6.92 Å². The van der Waals surface area contributed by atoms with Gasteiger partial charge in [-0.25, -0.2) is 4.98 Å². The number of aromatic nitrogens is 2. The van der Waals surface area contributed by atoms with E-state index < -0.39 is 0 Å². The molecule has 0 saturated heterocycles. The van der Waals surface area contributed by atoms with Gasteiger partial charge in [0.1, 0.15) is 5.82 Å². The number of nitrogens with one attached hydrogen (secondary N) is 2. The van der Waals surface area contributed by atoms with Crippen molar-refractivity contribution in [1.29, 1.82) is 0 Å². The first-order valence-electron chi connectivity index (χ1n) is 5.38. The Morgan fingerprint density at radius 3 is 2.53 bits per heavy atom. The summed E-state index contributed by atoms with van der Waals surface area (Å²) < 4.78 is 0. The minimum absolute atomic E-state index is 0.0241. The summed E-state index contributed by atoms with van der Waals surface area (Å²) in [6, 6.07) is 0. The van der Waals surface area contributed by atoms with Gasteiger partial charge in [0, 0.05) is 17.8 Å². The van der Waals surface area contributed by atoms with Crippen LogP contribution in [-0.4, -0.2) is 15.9 Å². The minimum atomic E-state index is 0.0241. The fraction of sp³-hybridized carbons (Fsp3) is 0.636. The molecule has 0 unspecified atom stereocenters. The maximum absolute atomic E-state index is 11.2. The molecule has 0 saturated carbocycles. The van der Waals surface area contributed by atoms with Gasteiger partial charge in [0.05, 0.1) is 6.54 Å². The van der Waals surface area contributed by atoms with E-state index in [0.717, 1.165) is 11.5 Å². The van der Waals surface area contributed by atoms with Crippen LogP contribution in [0, 0.1) is 12.8 Å². The molecule has 0 spiro atoms. The average molecular weight is 211 g/mol. The molecule has 1 rings (SSSR count). The smallest absolute Gasteiger partial charge is 0.222 e. The average Bonchev–Trinajstić information content (AvgIpc) is 2.63. The van der Waals surface area contributed by atoms with E-state index in [0.29, 0.717) is 6.54 Å². The number of aromatic amines is 1. The Kier molecular flexibility index (Phi) is 6.42. The lowest BCUT2D eigenvalue weighted by atomic mass is 10.2. The van der Waals surface area contributed by atoms with E-state index >= 15 is 0 Å². The first-order chi connectivity index (χ1) is 7.09. The van der Waals surface area contributed by atoms with Crippen molar-refractivity contribution in [2.75, 3.05) is 0 Å². The lowest BCUT2D eigenvalue weighted by Crippen LogP contribution is -2.27. The van der Waals surface area contributed by atoms with E-state index in [-0.39, 0.29) is 11.8 Å². The van der Waals surface area contributed by atoms with E-state index in [2.05, 4.69) is 15.3 Å². The molecule has 0 aromatic carbocycles. The largest absolute Gasteiger partial charge is 0.349 e. The second kappa shape index (κ2) is 7.04. The summed E-state index contributed by atoms with van der Waals surface area (Å²) in [4.78, 5) is 18.3. The molecule has 0 fully saturated rings. The first kappa shape index (κ1) is 13.7. The molecule has 15 heavy (non-hydrogen) atoms. The van der Waals surface area contributed by atoms with Crippen LogP contribution in [0.2, 0.25) is 0 Å². The SMILES string of the molecule is CC.Cc1cnc(CNC(=O)C(C)C)[nH]1. The van der Waals surface area contributed by atoms with Crippen LogP contribution in [0.15, 0.2) is 6.20 Å². The van der Waals surface area contributed by atoms with Crippen molar-refractivity contribution in [1.82, 2.24) is 15.3 Å². The van der Waals surface area contributed by atoms with Crippen molar-refractivity contribution in [2.45, 2.75) is 41.2 Å². The highest BCUT2D eigenvalue weighted by molar-refractivity contribution is 5.77. The van der Waals surface area contributed by atoms with Crippen molar-refractivity contribution < 1.29 is 4.79 Å². The molecule has 4 nitrogen and oxygen atoms in total. The predicted molar refractivity (Wildman–Crippen MR) is 61.4 cm³/mol. The number of amides is 1. The van der Waals surface area contributed by atoms with Gasteiger partial charge in [-0.2, -0.15) is 0 Å². The maximum Gasteiger partial charge on any atom is 0.222 e. The highest BCUT2D eigenvalue weighted by Gasteiger charge is 2.06. The number of nitrogens with zero attached hydrogens (tertiary/aromatic N) is 1. The molecule has 4 heteroatoms. The van der Waals surface area contributed by atoms with Crippen LogP contribution in [0.1, 0.15) is 39.2 Å². The van der Waals surface area contributed by atoms with Crippen LogP contribution in [0.3, 0.4) is 0 Å². The Morgan fingerprint density at radius 2 is 2.13 bits per heavy atom. The number of aryl methyl sites for hydroxylation is 1. The summed E-state index contributed by atoms with van der Waals surface area (Å²) in [6.07, 6.45) is 1.75. The summed E-state index contributed by atoms with van der Waals surface area (Å²) in [6.45, 7) is 10.1. The Labute approximate surface area is 91.5 Å². The number of carbonyl (C=O) groups is 1. The van der Waals surface area contributed by atoms with Gasteiger partial charge in [-0.15, -0.1) is 0 Å². The number of hydrogen-bond donors (Lipinski definition) is 2. The Bertz CT molecular complexity index is 292. The third kappa shape index (κ3) is 5.20. The predicted octanol–water partition coefficient (Wildman–Crippen LogP) is 2.02. The van der Waals surface area contributed by atoms with Crippen LogP contribution in [0.4, 0.5) is 0 Å². The number of rotatable bonds is 3. The zero-order valence-corrected chi connectivity index (χ0v) is 10.2. The number of carbonyl (C=O) groups excluding carboxylic acids is 1. The highest BCUT2D eigenvalue weighted by Crippen LogP contribution is 1.96. The van der Waals surface area contributed by atoms with Gasteiger partial charge >= 0.3 is 0 Å². The Balaban J connectivity index is 0.000000921. The molecule has 1 aromatic heterocycles. The van der Waals surface area contributed by atoms with Crippen LogP contribution in [-0.2, 0) is 11.3 Å². The summed E-state index contributed by atoms with van der Waals surface area (Å²) in [5.74, 6) is 0.872. The topological polar surface area (TPSA) is 57.8 Å². The summed E-state index contributed by atoms with van der Waals surface area (Å²) in [7, 11) is 0. The van der Waals surface area contributed by atoms with Gasteiger partial charge in [0.2, 0.25) is 5.91 Å². The molecule has 0 aliphatic rings. The lowest BCUT2D eigenvalue weighted by Gasteiger charge is -2.04. The number of hydrogen-bond acceptors (Lipinski definition) is 2. The fourth-order valence-corrected chi connectivity index (χ4v) is 0.932. The first-order valence-corrected chi connectivity index (χ1v) is 5.38. The number of H-pyrrole nitrogens is 1. The van der Waals surface area contributed by atoms with E-state index in [9.17, 15) is 4.79 Å². The highest BCUT2D eigenvalue weighted by atomic mass is 16.1. The van der Waals surface area contributed by atoms with Gasteiger partial charge in [0.25, 0.3) is 0 Å². The molecule has 0 radical (unpaired) electrons. The van der Waals surface area contributed by atoms with E-state index in [1.165, 1.54) is 0 Å². The molecular formula is C11H21N3O. The van der Waals surface area contributed by atoms with Gasteiger partial charge in [-0.3, -0.25) is 4.79 Å². The van der Waals surface area contributed by atoms with Crippen LogP contribution < -0.4 is 5.32 Å². The number of imidazole rings is 1. The van der Waals surface area contributed by atoms with Crippen LogP contribution in [0.25, 0.3) is 0 Å². The van der Waals surface area contributed by atoms with Crippen molar-refractivity contribution in [3.63, 3.8) is 0 Å². The van der Waals surface area contributed by atoms with Crippen molar-refractivity contribution in [3.05, 3.63) is 17.7 Å². The minimum Gasteiger partial charge on any atom is -0.349 e. The van der Waals surface area contributed by atoms with Crippen LogP contribution >= 0.6 is 0 Å². The van der Waals surface area contributed by atoms with E-state index in [4.69, 9.17) is 0 Å². The Morgan fingerprint density at radius 1 is 1.53 bits per heavy atom. The molecule has 1 aromatic rings. The second-order valence-corrected chi connectivity index (χ2v) is 3.39. The zero-order valence-electron chi connectivity index (χ0n) is 10.2. The van der Waals surface area contributed by atoms with Crippen molar-refractivity contribution in [2.24, 2.45) is 5.92 Å². The van der Waals surface area contributed by atoms with Gasteiger partial charge in [-0.1, -0.05) is 27.7 Å². The van der Waals surface area contributed by atoms with Crippen molar-refractivity contribution >= 4 is 5.91 Å². The monoisotopic (exact) mass is 211 g/mol. The molecule has 0 atom stereocenters. The molecule has 2 N–H and O–H groups in total. The molecule has 0 bridgehead atoms. The molecule has 0 aliphatic heterocycles. The second-order valence-electron chi connectivity index (χ2n) is 3.39. The van der Waals surface area contributed by atoms with Crippen molar-refractivity contribution in [3.8, 4) is 0 Å². The van der Waals surface area contributed by atoms with Crippen LogP contribution in [0.5, 0.6) is 0 Å². The molecular weight excluding hydrogens is 190 g/mol. The standard InChI is InChI=1S/C9H15N3O.C2H6/c1-6(2)9(13)11-5-8-10-4-7(3)12-8;1-2/h4,6H,5H2,1-3H3,(H,10,12)(H,11,13);1-2H3. The quantitative estimate of drug-likeness (QED) is 0.803. The zero-order chi connectivity index (χ0) is 11.8. The fourth-order valence-electron chi connectivity index (χ4n) is 0.932. The normalized spacial score (nSPS) is 9.47. The molecule has 0 aliphatic carbocycles. The third-order valence-electron chi connectivity index (χ3n) is 1.71. The molecule has 86 valence electrons. The summed E-state index contributed by atoms with van der Waals surface area (Å²) >= 11 is 0. The maximum atomic E-state index is 11.2. The summed E-state index contributed by atoms with van der Waals surface area (Å²) in [5.41, 5.74) is 1.01. The molecule has 1 amide bonds. The summed E-state index contributed by atoms with van der Waals surface area (Å²) in [5, 5.41) is 2.78. The lowest BCUT2D eigenvalue weighted by molar-refractivity contribution is -0.124. The van der Waals surface area contributed by atoms with E-state index in [1.807, 2.05) is 34.6 Å². The Hall–Kier alpha value is -1.32.